The summed E-state index contributed by atoms with van der Waals surface area (Å²) < 4.78 is 45.6. The number of carbonyl (C=O) groups is 1. The normalized spacial score (nSPS) is 35.4. The summed E-state index contributed by atoms with van der Waals surface area (Å²) in [6, 6.07) is 9.27. The van der Waals surface area contributed by atoms with E-state index in [-0.39, 0.29) is 29.9 Å². The van der Waals surface area contributed by atoms with Gasteiger partial charge in [-0.25, -0.2) is 4.98 Å². The highest BCUT2D eigenvalue weighted by Crippen LogP contribution is 2.77. The Bertz CT molecular complexity index is 1570. The van der Waals surface area contributed by atoms with E-state index in [0.717, 1.165) is 62.8 Å². The van der Waals surface area contributed by atoms with Crippen LogP contribution in [-0.4, -0.2) is 39.1 Å². The van der Waals surface area contributed by atoms with Gasteiger partial charge in [0.1, 0.15) is 17.4 Å². The molecular formula is C31H30ClF3N2O3S. The number of likely N-dealkylation sites (tertiary alicyclic amines) is 1. The van der Waals surface area contributed by atoms with Crippen molar-refractivity contribution < 1.29 is 27.8 Å². The predicted octanol–water partition coefficient (Wildman–Crippen LogP) is 6.88. The summed E-state index contributed by atoms with van der Waals surface area (Å²) in [5.74, 6) is 2.27. The second kappa shape index (κ2) is 8.83. The zero-order valence-corrected chi connectivity index (χ0v) is 23.9. The average molecular weight is 603 g/mol. The van der Waals surface area contributed by atoms with Gasteiger partial charge < -0.3 is 14.7 Å². The molecule has 1 N–H and O–H groups in total. The number of hydrogen-bond donors (Lipinski definition) is 1. The van der Waals surface area contributed by atoms with E-state index in [4.69, 9.17) is 16.3 Å². The first kappa shape index (κ1) is 26.3. The highest BCUT2D eigenvalue weighted by Gasteiger charge is 2.76. The molecule has 3 aromatic rings. The van der Waals surface area contributed by atoms with Crippen molar-refractivity contribution >= 4 is 39.1 Å². The molecule has 2 heterocycles. The molecule has 216 valence electrons. The van der Waals surface area contributed by atoms with E-state index in [2.05, 4.69) is 9.88 Å². The van der Waals surface area contributed by atoms with Crippen molar-refractivity contribution in [2.45, 2.75) is 69.4 Å². The minimum atomic E-state index is -4.41. The maximum absolute atomic E-state index is 13.6. The molecule has 7 unspecified atom stereocenters. The fourth-order valence-corrected chi connectivity index (χ4v) is 10.5. The van der Waals surface area contributed by atoms with Crippen molar-refractivity contribution in [3.63, 3.8) is 0 Å². The zero-order valence-electron chi connectivity index (χ0n) is 22.3. The number of aromatic nitrogens is 1. The van der Waals surface area contributed by atoms with Crippen molar-refractivity contribution in [2.75, 3.05) is 6.54 Å². The van der Waals surface area contributed by atoms with E-state index in [1.165, 1.54) is 17.4 Å². The molecule has 1 saturated heterocycles. The molecule has 2 aromatic carbocycles. The van der Waals surface area contributed by atoms with Gasteiger partial charge in [0, 0.05) is 28.9 Å². The van der Waals surface area contributed by atoms with Crippen LogP contribution in [0.15, 0.2) is 36.4 Å². The summed E-state index contributed by atoms with van der Waals surface area (Å²) in [6.07, 6.45) is 2.14. The average Bonchev–Trinajstić information content (AvgIpc) is 3.60. The molecule has 7 atom stereocenters. The minimum Gasteiger partial charge on any atom is -0.486 e. The van der Waals surface area contributed by atoms with Gasteiger partial charge in [0.05, 0.1) is 21.4 Å². The molecule has 8 rings (SSSR count). The third-order valence-corrected chi connectivity index (χ3v) is 12.4. The molecular weight excluding hydrogens is 573 g/mol. The Kier molecular flexibility index (Phi) is 5.66. The predicted molar refractivity (Wildman–Crippen MR) is 149 cm³/mol. The number of benzene rings is 2. The van der Waals surface area contributed by atoms with Crippen LogP contribution in [0.1, 0.15) is 54.7 Å². The first-order chi connectivity index (χ1) is 19.5. The molecule has 1 spiro atoms. The van der Waals surface area contributed by atoms with Crippen molar-refractivity contribution in [3.05, 3.63) is 57.6 Å². The summed E-state index contributed by atoms with van der Waals surface area (Å²) in [7, 11) is 0. The van der Waals surface area contributed by atoms with Gasteiger partial charge in [-0.15, -0.1) is 11.3 Å². The van der Waals surface area contributed by atoms with Crippen molar-refractivity contribution in [2.24, 2.45) is 29.1 Å². The van der Waals surface area contributed by atoms with Gasteiger partial charge >= 0.3 is 6.18 Å². The van der Waals surface area contributed by atoms with Crippen LogP contribution in [0.3, 0.4) is 0 Å². The van der Waals surface area contributed by atoms with Crippen LogP contribution in [-0.2, 0) is 24.0 Å². The van der Waals surface area contributed by atoms with Crippen LogP contribution in [0, 0.1) is 29.1 Å². The van der Waals surface area contributed by atoms with Crippen LogP contribution in [0.4, 0.5) is 13.2 Å². The van der Waals surface area contributed by atoms with E-state index in [1.54, 1.807) is 6.07 Å². The van der Waals surface area contributed by atoms with Crippen LogP contribution in [0.5, 0.6) is 5.75 Å². The first-order valence-electron chi connectivity index (χ1n) is 14.4. The van der Waals surface area contributed by atoms with Crippen molar-refractivity contribution in [1.82, 2.24) is 9.88 Å². The minimum absolute atomic E-state index is 0.101. The number of ether oxygens (including phenoxy) is 1. The third kappa shape index (κ3) is 3.91. The molecule has 1 amide bonds. The summed E-state index contributed by atoms with van der Waals surface area (Å²) in [4.78, 5) is 20.1. The number of hydrogen-bond acceptors (Lipinski definition) is 5. The van der Waals surface area contributed by atoms with Gasteiger partial charge in [0.25, 0.3) is 0 Å². The van der Waals surface area contributed by atoms with Gasteiger partial charge in [0.15, 0.2) is 0 Å². The van der Waals surface area contributed by atoms with Crippen molar-refractivity contribution in [1.29, 1.82) is 0 Å². The van der Waals surface area contributed by atoms with Gasteiger partial charge in [-0.05, 0) is 98.6 Å². The fourth-order valence-electron chi connectivity index (χ4n) is 9.39. The maximum atomic E-state index is 13.6. The molecule has 41 heavy (non-hydrogen) atoms. The van der Waals surface area contributed by atoms with Gasteiger partial charge in [-0.2, -0.15) is 13.2 Å². The first-order valence-corrected chi connectivity index (χ1v) is 15.6. The smallest absolute Gasteiger partial charge is 0.416 e. The Balaban J connectivity index is 0.914. The molecule has 5 nitrogen and oxygen atoms in total. The van der Waals surface area contributed by atoms with Crippen LogP contribution >= 0.6 is 22.9 Å². The third-order valence-electron chi connectivity index (χ3n) is 11.0. The highest BCUT2D eigenvalue weighted by molar-refractivity contribution is 7.18. The SMILES string of the molecule is O=C1C(Cc2ccc(OCc3nc4cc(C(F)(F)F)ccc4s3)cc2Cl)CCN1C1C2CC3CC4(O)CC1CC34C2. The molecule has 10 heteroatoms. The Morgan fingerprint density at radius 2 is 1.95 bits per heavy atom. The van der Waals surface area contributed by atoms with E-state index in [1.807, 2.05) is 12.1 Å². The van der Waals surface area contributed by atoms with Crippen molar-refractivity contribution in [3.8, 4) is 5.75 Å². The van der Waals surface area contributed by atoms with Crippen LogP contribution in [0.2, 0.25) is 5.02 Å². The number of fused-ring (bicyclic) bond motifs is 3. The molecule has 0 radical (unpaired) electrons. The van der Waals surface area contributed by atoms with Crippen LogP contribution in [0.25, 0.3) is 10.2 Å². The Hall–Kier alpha value is -2.36. The number of amides is 1. The quantitative estimate of drug-likeness (QED) is 0.334. The summed E-state index contributed by atoms with van der Waals surface area (Å²) in [5.41, 5.74) is 0.158. The lowest BCUT2D eigenvalue weighted by Gasteiger charge is -2.55. The summed E-state index contributed by atoms with van der Waals surface area (Å²) in [6.45, 7) is 0.899. The summed E-state index contributed by atoms with van der Waals surface area (Å²) in [5, 5.41) is 12.3. The molecule has 3 bridgehead atoms. The Morgan fingerprint density at radius 1 is 1.12 bits per heavy atom. The highest BCUT2D eigenvalue weighted by atomic mass is 35.5. The topological polar surface area (TPSA) is 62.7 Å². The molecule has 4 saturated carbocycles. The number of carbonyl (C=O) groups excluding carboxylic acids is 1. The molecule has 1 aromatic heterocycles. The summed E-state index contributed by atoms with van der Waals surface area (Å²) >= 11 is 7.93. The lowest BCUT2D eigenvalue weighted by atomic mass is 9.53. The van der Waals surface area contributed by atoms with E-state index < -0.39 is 17.3 Å². The Morgan fingerprint density at radius 3 is 2.76 bits per heavy atom. The standard InChI is InChI=1S/C31H30ClF3N2O3S/c32-23-10-22(40-15-26-36-24-9-20(31(33,34)35)2-4-25(24)41-26)3-1-16(23)7-17-5-6-37(28(17)38)27-18-8-21-14-30(39)13-19(27)12-29(21,30)11-18/h1-4,9-10,17-19,21,27,39H,5-8,11-15H2. The van der Waals surface area contributed by atoms with Gasteiger partial charge in [-0.3, -0.25) is 4.79 Å². The number of halogens is 4. The molecule has 5 fully saturated rings. The zero-order chi connectivity index (χ0) is 28.3. The van der Waals surface area contributed by atoms with Gasteiger partial charge in [0.2, 0.25) is 5.91 Å². The van der Waals surface area contributed by atoms with Crippen LogP contribution < -0.4 is 4.74 Å². The molecule has 1 aliphatic heterocycles. The molecule has 5 aliphatic rings. The second-order valence-electron chi connectivity index (χ2n) is 13.0. The van der Waals surface area contributed by atoms with E-state index in [9.17, 15) is 23.1 Å². The van der Waals surface area contributed by atoms with E-state index in [0.29, 0.717) is 50.2 Å². The number of alkyl halides is 3. The number of rotatable bonds is 6. The number of aliphatic hydroxyl groups is 1. The fraction of sp³-hybridized carbons (Fsp3) is 0.548. The van der Waals surface area contributed by atoms with E-state index >= 15 is 0 Å². The number of nitrogens with zero attached hydrogens (tertiary/aromatic N) is 2. The molecule has 4 aliphatic carbocycles. The maximum Gasteiger partial charge on any atom is 0.416 e. The lowest BCUT2D eigenvalue weighted by Crippen LogP contribution is -2.57. The largest absolute Gasteiger partial charge is 0.486 e. The second-order valence-corrected chi connectivity index (χ2v) is 14.5. The Labute approximate surface area is 244 Å². The van der Waals surface area contributed by atoms with Gasteiger partial charge in [-0.1, -0.05) is 17.7 Å². The monoisotopic (exact) mass is 602 g/mol. The lowest BCUT2D eigenvalue weighted by molar-refractivity contribution is -0.176. The number of thiazole rings is 1.